The molecule has 1 heterocycles. The topological polar surface area (TPSA) is 136 Å². The molecule has 0 amide bonds. The second-order valence-corrected chi connectivity index (χ2v) is 5.14. The zero-order valence-corrected chi connectivity index (χ0v) is 13.4. The van der Waals surface area contributed by atoms with E-state index in [1.54, 1.807) is 0 Å². The highest BCUT2D eigenvalue weighted by molar-refractivity contribution is 5.69. The third-order valence-electron chi connectivity index (χ3n) is 3.50. The highest BCUT2D eigenvalue weighted by Crippen LogP contribution is 2.29. The number of anilines is 3. The summed E-state index contributed by atoms with van der Waals surface area (Å²) in [5.74, 6) is -0.235. The van der Waals surface area contributed by atoms with Gasteiger partial charge in [0.25, 0.3) is 0 Å². The van der Waals surface area contributed by atoms with Gasteiger partial charge in [0.1, 0.15) is 0 Å². The lowest BCUT2D eigenvalue weighted by molar-refractivity contribution is -0.383. The van der Waals surface area contributed by atoms with Gasteiger partial charge in [-0.2, -0.15) is 9.97 Å². The highest BCUT2D eigenvalue weighted by Gasteiger charge is 2.23. The van der Waals surface area contributed by atoms with Gasteiger partial charge in [-0.3, -0.25) is 10.1 Å². The number of nitrogen functional groups attached to an aromatic ring is 2. The van der Waals surface area contributed by atoms with Gasteiger partial charge in [-0.05, 0) is 39.4 Å². The Kier molecular flexibility index (Phi) is 6.77. The van der Waals surface area contributed by atoms with Gasteiger partial charge in [0.05, 0.1) is 4.92 Å². The summed E-state index contributed by atoms with van der Waals surface area (Å²) in [6, 6.07) is 0.0166. The Morgan fingerprint density at radius 3 is 2.50 bits per heavy atom. The standard InChI is InChI=1S/C13H25N7O2/c1-4-19(5-2)8-6-7-9(3)16-12-10(20(21)22)11(14)17-13(15)18-12/h9H,4-8H2,1-3H3,(H5,14,15,16,17,18). The third kappa shape index (κ3) is 4.99. The Balaban J connectivity index is 2.68. The quantitative estimate of drug-likeness (QED) is 0.460. The van der Waals surface area contributed by atoms with Gasteiger partial charge >= 0.3 is 5.69 Å². The normalized spacial score (nSPS) is 12.4. The molecule has 22 heavy (non-hydrogen) atoms. The van der Waals surface area contributed by atoms with Crippen LogP contribution in [0.25, 0.3) is 0 Å². The summed E-state index contributed by atoms with van der Waals surface area (Å²) in [7, 11) is 0. The summed E-state index contributed by atoms with van der Waals surface area (Å²) in [6.45, 7) is 9.23. The van der Waals surface area contributed by atoms with E-state index in [1.165, 1.54) is 0 Å². The van der Waals surface area contributed by atoms with Crippen LogP contribution in [0.3, 0.4) is 0 Å². The molecule has 5 N–H and O–H groups in total. The lowest BCUT2D eigenvalue weighted by atomic mass is 10.1. The first-order valence-electron chi connectivity index (χ1n) is 7.45. The van der Waals surface area contributed by atoms with Gasteiger partial charge in [0.15, 0.2) is 0 Å². The Morgan fingerprint density at radius 1 is 1.32 bits per heavy atom. The minimum atomic E-state index is -0.597. The molecule has 124 valence electrons. The van der Waals surface area contributed by atoms with Crippen molar-refractivity contribution in [2.24, 2.45) is 0 Å². The van der Waals surface area contributed by atoms with E-state index in [4.69, 9.17) is 11.5 Å². The largest absolute Gasteiger partial charge is 0.378 e. The molecule has 1 atom stereocenters. The molecular weight excluding hydrogens is 286 g/mol. The van der Waals surface area contributed by atoms with Gasteiger partial charge in [-0.15, -0.1) is 0 Å². The van der Waals surface area contributed by atoms with E-state index in [-0.39, 0.29) is 29.3 Å². The van der Waals surface area contributed by atoms with Crippen LogP contribution < -0.4 is 16.8 Å². The average molecular weight is 311 g/mol. The molecule has 0 spiro atoms. The van der Waals surface area contributed by atoms with E-state index < -0.39 is 4.92 Å². The number of hydrogen-bond donors (Lipinski definition) is 3. The summed E-state index contributed by atoms with van der Waals surface area (Å²) in [5, 5.41) is 14.1. The molecule has 1 rings (SSSR count). The Labute approximate surface area is 130 Å². The van der Waals surface area contributed by atoms with Crippen LogP contribution in [0.1, 0.15) is 33.6 Å². The summed E-state index contributed by atoms with van der Waals surface area (Å²) >= 11 is 0. The van der Waals surface area contributed by atoms with Crippen molar-refractivity contribution in [1.29, 1.82) is 0 Å². The fraction of sp³-hybridized carbons (Fsp3) is 0.692. The van der Waals surface area contributed by atoms with Crippen molar-refractivity contribution < 1.29 is 4.92 Å². The molecule has 0 saturated carbocycles. The van der Waals surface area contributed by atoms with Crippen LogP contribution in [-0.4, -0.2) is 45.5 Å². The van der Waals surface area contributed by atoms with Crippen LogP contribution in [-0.2, 0) is 0 Å². The number of hydrogen-bond acceptors (Lipinski definition) is 8. The molecule has 9 heteroatoms. The molecule has 0 saturated heterocycles. The van der Waals surface area contributed by atoms with Crippen LogP contribution >= 0.6 is 0 Å². The first-order valence-corrected chi connectivity index (χ1v) is 7.45. The van der Waals surface area contributed by atoms with Crippen molar-refractivity contribution >= 4 is 23.3 Å². The number of aromatic nitrogens is 2. The summed E-state index contributed by atoms with van der Waals surface area (Å²) in [6.07, 6.45) is 1.84. The monoisotopic (exact) mass is 311 g/mol. The van der Waals surface area contributed by atoms with Gasteiger partial charge in [-0.25, -0.2) is 0 Å². The smallest absolute Gasteiger partial charge is 0.353 e. The molecule has 0 bridgehead atoms. The van der Waals surface area contributed by atoms with Crippen LogP contribution in [0, 0.1) is 10.1 Å². The second-order valence-electron chi connectivity index (χ2n) is 5.14. The van der Waals surface area contributed by atoms with Crippen molar-refractivity contribution in [2.45, 2.75) is 39.7 Å². The van der Waals surface area contributed by atoms with Crippen molar-refractivity contribution in [3.05, 3.63) is 10.1 Å². The van der Waals surface area contributed by atoms with E-state index in [9.17, 15) is 10.1 Å². The zero-order valence-electron chi connectivity index (χ0n) is 13.4. The van der Waals surface area contributed by atoms with Crippen molar-refractivity contribution in [1.82, 2.24) is 14.9 Å². The van der Waals surface area contributed by atoms with Crippen molar-refractivity contribution in [2.75, 3.05) is 36.4 Å². The maximum atomic E-state index is 11.1. The molecule has 0 aromatic carbocycles. The van der Waals surface area contributed by atoms with Crippen LogP contribution in [0.4, 0.5) is 23.3 Å². The maximum Gasteiger partial charge on any atom is 0.353 e. The molecule has 1 aromatic heterocycles. The average Bonchev–Trinajstić information content (AvgIpc) is 2.42. The molecule has 0 aliphatic carbocycles. The highest BCUT2D eigenvalue weighted by atomic mass is 16.6. The molecule has 0 aliphatic rings. The van der Waals surface area contributed by atoms with Gasteiger partial charge < -0.3 is 21.7 Å². The van der Waals surface area contributed by atoms with Gasteiger partial charge in [0.2, 0.25) is 17.6 Å². The summed E-state index contributed by atoms with van der Waals surface area (Å²) < 4.78 is 0. The molecule has 1 unspecified atom stereocenters. The van der Waals surface area contributed by atoms with E-state index in [2.05, 4.69) is 34.0 Å². The molecule has 9 nitrogen and oxygen atoms in total. The SMILES string of the molecule is CCN(CC)CCCC(C)Nc1nc(N)nc(N)c1[N+](=O)[O-]. The first kappa shape index (κ1) is 17.9. The van der Waals surface area contributed by atoms with Crippen LogP contribution in [0.5, 0.6) is 0 Å². The fourth-order valence-corrected chi connectivity index (χ4v) is 2.24. The minimum absolute atomic E-state index is 0.0166. The predicted octanol–water partition coefficient (Wildman–Crippen LogP) is 1.47. The van der Waals surface area contributed by atoms with Gasteiger partial charge in [0, 0.05) is 6.04 Å². The number of nitrogens with two attached hydrogens (primary N) is 2. The molecular formula is C13H25N7O2. The number of nitrogens with one attached hydrogen (secondary N) is 1. The Hall–Kier alpha value is -2.16. The van der Waals surface area contributed by atoms with E-state index >= 15 is 0 Å². The fourth-order valence-electron chi connectivity index (χ4n) is 2.24. The third-order valence-corrected chi connectivity index (χ3v) is 3.50. The summed E-state index contributed by atoms with van der Waals surface area (Å²) in [4.78, 5) is 20.3. The lowest BCUT2D eigenvalue weighted by Gasteiger charge is -2.20. The van der Waals surface area contributed by atoms with E-state index in [0.717, 1.165) is 32.5 Å². The second kappa shape index (κ2) is 8.32. The number of nitrogens with zero attached hydrogens (tertiary/aromatic N) is 4. The molecule has 0 aliphatic heterocycles. The zero-order chi connectivity index (χ0) is 16.7. The first-order chi connectivity index (χ1) is 10.4. The van der Waals surface area contributed by atoms with E-state index in [1.807, 2.05) is 6.92 Å². The molecule has 0 radical (unpaired) electrons. The Morgan fingerprint density at radius 2 is 1.95 bits per heavy atom. The van der Waals surface area contributed by atoms with Crippen molar-refractivity contribution in [3.63, 3.8) is 0 Å². The predicted molar refractivity (Wildman–Crippen MR) is 87.6 cm³/mol. The molecule has 1 aromatic rings. The minimum Gasteiger partial charge on any atom is -0.378 e. The van der Waals surface area contributed by atoms with Crippen LogP contribution in [0.15, 0.2) is 0 Å². The Bertz CT molecular complexity index is 505. The lowest BCUT2D eigenvalue weighted by Crippen LogP contribution is -2.26. The molecule has 0 fully saturated rings. The van der Waals surface area contributed by atoms with Gasteiger partial charge in [-0.1, -0.05) is 13.8 Å². The summed E-state index contributed by atoms with van der Waals surface area (Å²) in [5.41, 5.74) is 10.7. The van der Waals surface area contributed by atoms with Crippen LogP contribution in [0.2, 0.25) is 0 Å². The van der Waals surface area contributed by atoms with Crippen molar-refractivity contribution in [3.8, 4) is 0 Å². The maximum absolute atomic E-state index is 11.1. The number of nitro groups is 1. The number of rotatable bonds is 9. The van der Waals surface area contributed by atoms with E-state index in [0.29, 0.717) is 0 Å².